The molecule has 0 bridgehead atoms. The zero-order valence-electron chi connectivity index (χ0n) is 13.5. The molecule has 24 heavy (non-hydrogen) atoms. The molecule has 6 nitrogen and oxygen atoms in total. The first-order valence-corrected chi connectivity index (χ1v) is 10.2. The van der Waals surface area contributed by atoms with Gasteiger partial charge in [-0.05, 0) is 41.4 Å². The first-order chi connectivity index (χ1) is 11.5. The second kappa shape index (κ2) is 9.33. The summed E-state index contributed by atoms with van der Waals surface area (Å²) in [5.41, 5.74) is 0. The number of halogens is 1. The molecule has 0 aliphatic heterocycles. The van der Waals surface area contributed by atoms with E-state index in [0.29, 0.717) is 12.3 Å². The van der Waals surface area contributed by atoms with Crippen LogP contribution in [0.5, 0.6) is 0 Å². The number of aromatic nitrogens is 3. The molecule has 2 rings (SSSR count). The summed E-state index contributed by atoms with van der Waals surface area (Å²) in [5.74, 6) is 1.30. The Morgan fingerprint density at radius 2 is 2.17 bits per heavy atom. The van der Waals surface area contributed by atoms with Crippen molar-refractivity contribution in [2.24, 2.45) is 0 Å². The Morgan fingerprint density at radius 1 is 1.38 bits per heavy atom. The van der Waals surface area contributed by atoms with Gasteiger partial charge >= 0.3 is 0 Å². The third-order valence-electron chi connectivity index (χ3n) is 3.24. The molecule has 1 N–H and O–H groups in total. The number of hydrogen-bond donors (Lipinski definition) is 1. The summed E-state index contributed by atoms with van der Waals surface area (Å²) < 4.78 is 2.98. The molecule has 1 amide bonds. The van der Waals surface area contributed by atoms with Gasteiger partial charge in [-0.15, -0.1) is 21.5 Å². The average Bonchev–Trinajstić information content (AvgIpc) is 3.15. The molecule has 0 aromatic carbocycles. The Hall–Kier alpha value is -1.19. The van der Waals surface area contributed by atoms with Crippen LogP contribution < -0.4 is 5.32 Å². The van der Waals surface area contributed by atoms with Crippen molar-refractivity contribution >= 4 is 50.7 Å². The first kappa shape index (κ1) is 19.1. The van der Waals surface area contributed by atoms with Crippen LogP contribution in [-0.2, 0) is 17.8 Å². The van der Waals surface area contributed by atoms with Crippen molar-refractivity contribution in [1.29, 1.82) is 0 Å². The number of rotatable bonds is 9. The van der Waals surface area contributed by atoms with Crippen molar-refractivity contribution < 1.29 is 9.59 Å². The van der Waals surface area contributed by atoms with Crippen molar-refractivity contribution in [3.05, 3.63) is 26.6 Å². The lowest BCUT2D eigenvalue weighted by molar-refractivity contribution is -0.118. The lowest BCUT2D eigenvalue weighted by Gasteiger charge is -2.07. The van der Waals surface area contributed by atoms with Crippen LogP contribution in [0.25, 0.3) is 0 Å². The molecule has 0 radical (unpaired) electrons. The highest BCUT2D eigenvalue weighted by Crippen LogP contribution is 2.25. The second-order valence-electron chi connectivity index (χ2n) is 5.05. The van der Waals surface area contributed by atoms with E-state index in [-0.39, 0.29) is 11.7 Å². The summed E-state index contributed by atoms with van der Waals surface area (Å²) in [6.07, 6.45) is 1.55. The summed E-state index contributed by atoms with van der Waals surface area (Å²) in [5, 5.41) is 12.0. The monoisotopic (exact) mass is 430 g/mol. The minimum atomic E-state index is -0.0260. The Labute approximate surface area is 157 Å². The van der Waals surface area contributed by atoms with Gasteiger partial charge in [0.25, 0.3) is 0 Å². The zero-order valence-corrected chi connectivity index (χ0v) is 16.8. The van der Waals surface area contributed by atoms with E-state index in [9.17, 15) is 9.59 Å². The fourth-order valence-electron chi connectivity index (χ4n) is 2.10. The van der Waals surface area contributed by atoms with Crippen LogP contribution in [0, 0.1) is 0 Å². The van der Waals surface area contributed by atoms with Crippen molar-refractivity contribution in [3.8, 4) is 0 Å². The molecule has 0 fully saturated rings. The summed E-state index contributed by atoms with van der Waals surface area (Å²) >= 11 is 6.22. The van der Waals surface area contributed by atoms with Crippen LogP contribution in [0.1, 0.15) is 35.8 Å². The molecule has 2 aromatic heterocycles. The van der Waals surface area contributed by atoms with E-state index < -0.39 is 0 Å². The number of nitrogens with zero attached hydrogens (tertiary/aromatic N) is 3. The number of Topliss-reactive ketones (excluding diaryl/α,β-unsaturated/α-hetero) is 1. The molecule has 0 atom stereocenters. The third kappa shape index (κ3) is 5.42. The molecular formula is C15H19BrN4O2S2. The van der Waals surface area contributed by atoms with Gasteiger partial charge in [0.05, 0.1) is 14.4 Å². The molecular weight excluding hydrogens is 412 g/mol. The van der Waals surface area contributed by atoms with Gasteiger partial charge in [0, 0.05) is 26.4 Å². The predicted molar refractivity (Wildman–Crippen MR) is 99.8 cm³/mol. The number of amides is 1. The number of ketones is 1. The molecule has 0 unspecified atom stereocenters. The van der Waals surface area contributed by atoms with Gasteiger partial charge in [-0.3, -0.25) is 9.59 Å². The number of aryl methyl sites for hydroxylation is 1. The fourth-order valence-corrected chi connectivity index (χ4v) is 4.42. The largest absolute Gasteiger partial charge is 0.356 e. The Kier molecular flexibility index (Phi) is 7.44. The van der Waals surface area contributed by atoms with E-state index in [2.05, 4.69) is 31.4 Å². The molecule has 0 saturated carbocycles. The SMILES string of the molecule is CCn1c(CCCNC(C)=O)nnc1SCC(=O)c1ccc(Br)s1. The van der Waals surface area contributed by atoms with Gasteiger partial charge in [0.1, 0.15) is 5.82 Å². The average molecular weight is 431 g/mol. The first-order valence-electron chi connectivity index (χ1n) is 7.59. The van der Waals surface area contributed by atoms with Crippen LogP contribution >= 0.6 is 39.0 Å². The van der Waals surface area contributed by atoms with Gasteiger partial charge in [-0.2, -0.15) is 0 Å². The lowest BCUT2D eigenvalue weighted by Crippen LogP contribution is -2.21. The number of nitrogens with one attached hydrogen (secondary N) is 1. The third-order valence-corrected chi connectivity index (χ3v) is 5.87. The minimum absolute atomic E-state index is 0.0260. The van der Waals surface area contributed by atoms with Gasteiger partial charge in [0.15, 0.2) is 10.9 Å². The Bertz CT molecular complexity index is 714. The summed E-state index contributed by atoms with van der Waals surface area (Å²) in [6.45, 7) is 4.92. The molecule has 2 heterocycles. The maximum Gasteiger partial charge on any atom is 0.216 e. The predicted octanol–water partition coefficient (Wildman–Crippen LogP) is 3.17. The van der Waals surface area contributed by atoms with Crippen molar-refractivity contribution in [1.82, 2.24) is 20.1 Å². The number of hydrogen-bond acceptors (Lipinski definition) is 6. The standard InChI is InChI=1S/C15H19BrN4O2S2/c1-3-20-14(5-4-8-17-10(2)21)18-19-15(20)23-9-11(22)12-6-7-13(16)24-12/h6-7H,3-5,8-9H2,1-2H3,(H,17,21). The maximum atomic E-state index is 12.2. The molecule has 0 spiro atoms. The van der Waals surface area contributed by atoms with Crippen LogP contribution in [0.3, 0.4) is 0 Å². The van der Waals surface area contributed by atoms with Crippen LogP contribution in [0.2, 0.25) is 0 Å². The summed E-state index contributed by atoms with van der Waals surface area (Å²) in [7, 11) is 0. The number of carbonyl (C=O) groups is 2. The quantitative estimate of drug-likeness (QED) is 0.375. The van der Waals surface area contributed by atoms with E-state index in [1.165, 1.54) is 30.0 Å². The van der Waals surface area contributed by atoms with Crippen LogP contribution in [-0.4, -0.2) is 38.8 Å². The molecule has 0 aliphatic carbocycles. The molecule has 9 heteroatoms. The van der Waals surface area contributed by atoms with Crippen molar-refractivity contribution in [3.63, 3.8) is 0 Å². The molecule has 130 valence electrons. The van der Waals surface area contributed by atoms with Crippen molar-refractivity contribution in [2.45, 2.75) is 38.4 Å². The van der Waals surface area contributed by atoms with Gasteiger partial charge in [-0.1, -0.05) is 11.8 Å². The van der Waals surface area contributed by atoms with Gasteiger partial charge < -0.3 is 9.88 Å². The van der Waals surface area contributed by atoms with Crippen molar-refractivity contribution in [2.75, 3.05) is 12.3 Å². The summed E-state index contributed by atoms with van der Waals surface area (Å²) in [6, 6.07) is 3.71. The summed E-state index contributed by atoms with van der Waals surface area (Å²) in [4.78, 5) is 23.8. The van der Waals surface area contributed by atoms with E-state index in [1.807, 2.05) is 23.6 Å². The lowest BCUT2D eigenvalue weighted by atomic mass is 10.3. The second-order valence-corrected chi connectivity index (χ2v) is 8.45. The van der Waals surface area contributed by atoms with E-state index >= 15 is 0 Å². The van der Waals surface area contributed by atoms with Crippen LogP contribution in [0.4, 0.5) is 0 Å². The minimum Gasteiger partial charge on any atom is -0.356 e. The fraction of sp³-hybridized carbons (Fsp3) is 0.467. The highest BCUT2D eigenvalue weighted by Gasteiger charge is 2.15. The highest BCUT2D eigenvalue weighted by atomic mass is 79.9. The Morgan fingerprint density at radius 3 is 2.79 bits per heavy atom. The topological polar surface area (TPSA) is 76.9 Å². The number of thioether (sulfide) groups is 1. The normalized spacial score (nSPS) is 10.8. The zero-order chi connectivity index (χ0) is 17.5. The van der Waals surface area contributed by atoms with Crippen LogP contribution in [0.15, 0.2) is 21.1 Å². The molecule has 0 saturated heterocycles. The number of carbonyl (C=O) groups excluding carboxylic acids is 2. The Balaban J connectivity index is 1.91. The smallest absolute Gasteiger partial charge is 0.216 e. The molecule has 0 aliphatic rings. The van der Waals surface area contributed by atoms with E-state index in [4.69, 9.17) is 0 Å². The number of thiophene rings is 1. The maximum absolute atomic E-state index is 12.2. The van der Waals surface area contributed by atoms with Gasteiger partial charge in [-0.25, -0.2) is 0 Å². The highest BCUT2D eigenvalue weighted by molar-refractivity contribution is 9.11. The van der Waals surface area contributed by atoms with E-state index in [0.717, 1.165) is 39.0 Å². The molecule has 2 aromatic rings. The van der Waals surface area contributed by atoms with Gasteiger partial charge in [0.2, 0.25) is 5.91 Å². The van der Waals surface area contributed by atoms with E-state index in [1.54, 1.807) is 0 Å².